The maximum Gasteiger partial charge on any atom is 0.251 e. The van der Waals surface area contributed by atoms with Crippen LogP contribution >= 0.6 is 0 Å². The molecule has 7 heteroatoms. The maximum atomic E-state index is 12.5. The summed E-state index contributed by atoms with van der Waals surface area (Å²) in [6.07, 6.45) is 3.67. The smallest absolute Gasteiger partial charge is 0.251 e. The highest BCUT2D eigenvalue weighted by molar-refractivity contribution is 5.80. The molecule has 1 amide bonds. The first kappa shape index (κ1) is 18.1. The molecule has 0 spiro atoms. The van der Waals surface area contributed by atoms with Crippen molar-refractivity contribution in [2.75, 3.05) is 31.6 Å². The lowest BCUT2D eigenvalue weighted by atomic mass is 10.0. The van der Waals surface area contributed by atoms with Gasteiger partial charge in [-0.1, -0.05) is 0 Å². The molecule has 2 fully saturated rings. The third-order valence-electron chi connectivity index (χ3n) is 4.86. The van der Waals surface area contributed by atoms with E-state index in [0.29, 0.717) is 12.6 Å². The normalized spacial score (nSPS) is 22.8. The van der Waals surface area contributed by atoms with Gasteiger partial charge in [-0.3, -0.25) is 4.79 Å². The van der Waals surface area contributed by atoms with Crippen molar-refractivity contribution < 1.29 is 14.3 Å². The molecule has 1 aromatic heterocycles. The van der Waals surface area contributed by atoms with Gasteiger partial charge >= 0.3 is 0 Å². The summed E-state index contributed by atoms with van der Waals surface area (Å²) >= 11 is 0. The number of aryl methyl sites for hydroxylation is 1. The third kappa shape index (κ3) is 5.12. The first-order valence-electron chi connectivity index (χ1n) is 9.20. The molecule has 0 bridgehead atoms. The molecule has 0 aromatic carbocycles. The number of nitrogens with one attached hydrogen (secondary N) is 1. The quantitative estimate of drug-likeness (QED) is 0.844. The summed E-state index contributed by atoms with van der Waals surface area (Å²) < 4.78 is 11.3. The van der Waals surface area contributed by atoms with Crippen LogP contribution in [0, 0.1) is 6.92 Å². The Bertz CT molecular complexity index is 552. The summed E-state index contributed by atoms with van der Waals surface area (Å²) in [7, 11) is 0. The van der Waals surface area contributed by atoms with E-state index >= 15 is 0 Å². The monoisotopic (exact) mass is 348 g/mol. The van der Waals surface area contributed by atoms with E-state index in [-0.39, 0.29) is 12.0 Å². The molecule has 2 aliphatic rings. The van der Waals surface area contributed by atoms with Crippen LogP contribution in [0.5, 0.6) is 0 Å². The minimum Gasteiger partial charge on any atom is -0.376 e. The number of likely N-dealkylation sites (tertiary alicyclic amines) is 1. The molecule has 2 atom stereocenters. The predicted octanol–water partition coefficient (Wildman–Crippen LogP) is 1.77. The Balaban J connectivity index is 1.39. The van der Waals surface area contributed by atoms with Gasteiger partial charge in [0.15, 0.2) is 0 Å². The van der Waals surface area contributed by atoms with Crippen molar-refractivity contribution in [1.82, 2.24) is 15.1 Å². The SMILES string of the molecule is Cc1ccc(NC2CCN(C(=O)[C@@H](C)OC[C@@H]3CCCO3)CC2)nn1. The minimum absolute atomic E-state index is 0.0755. The summed E-state index contributed by atoms with van der Waals surface area (Å²) in [5, 5.41) is 11.6. The molecule has 0 saturated carbocycles. The Morgan fingerprint density at radius 2 is 2.16 bits per heavy atom. The van der Waals surface area contributed by atoms with Gasteiger partial charge in [0.1, 0.15) is 11.9 Å². The summed E-state index contributed by atoms with van der Waals surface area (Å²) in [4.78, 5) is 14.4. The topological polar surface area (TPSA) is 76.6 Å². The van der Waals surface area contributed by atoms with E-state index in [9.17, 15) is 4.79 Å². The van der Waals surface area contributed by atoms with Crippen molar-refractivity contribution in [3.8, 4) is 0 Å². The molecule has 2 saturated heterocycles. The maximum absolute atomic E-state index is 12.5. The molecule has 0 aliphatic carbocycles. The number of ether oxygens (including phenoxy) is 2. The van der Waals surface area contributed by atoms with Crippen LogP contribution in [0.15, 0.2) is 12.1 Å². The number of piperidine rings is 1. The summed E-state index contributed by atoms with van der Waals surface area (Å²) in [5.74, 6) is 0.871. The number of rotatable bonds is 6. The first-order valence-corrected chi connectivity index (χ1v) is 9.20. The van der Waals surface area contributed by atoms with Crippen LogP contribution in [0.25, 0.3) is 0 Å². The van der Waals surface area contributed by atoms with Crippen LogP contribution in [0.3, 0.4) is 0 Å². The van der Waals surface area contributed by atoms with Gasteiger partial charge < -0.3 is 19.7 Å². The third-order valence-corrected chi connectivity index (χ3v) is 4.86. The Kier molecular flexibility index (Phi) is 6.20. The van der Waals surface area contributed by atoms with Crippen molar-refractivity contribution >= 4 is 11.7 Å². The van der Waals surface area contributed by atoms with Gasteiger partial charge in [0.2, 0.25) is 0 Å². The lowest BCUT2D eigenvalue weighted by molar-refractivity contribution is -0.145. The van der Waals surface area contributed by atoms with Gasteiger partial charge in [0.05, 0.1) is 18.4 Å². The average Bonchev–Trinajstić information content (AvgIpc) is 3.15. The lowest BCUT2D eigenvalue weighted by Gasteiger charge is -2.34. The van der Waals surface area contributed by atoms with E-state index in [1.807, 2.05) is 30.9 Å². The summed E-state index contributed by atoms with van der Waals surface area (Å²) in [6.45, 7) is 6.55. The van der Waals surface area contributed by atoms with Gasteiger partial charge in [0.25, 0.3) is 5.91 Å². The van der Waals surface area contributed by atoms with Crippen LogP contribution in [-0.4, -0.2) is 65.6 Å². The number of anilines is 1. The minimum atomic E-state index is -0.406. The lowest BCUT2D eigenvalue weighted by Crippen LogP contribution is -2.46. The fraction of sp³-hybridized carbons (Fsp3) is 0.722. The zero-order valence-corrected chi connectivity index (χ0v) is 15.1. The van der Waals surface area contributed by atoms with Crippen LogP contribution in [0.4, 0.5) is 5.82 Å². The number of nitrogens with zero attached hydrogens (tertiary/aromatic N) is 3. The molecule has 2 aliphatic heterocycles. The van der Waals surface area contributed by atoms with E-state index in [0.717, 1.165) is 56.9 Å². The molecule has 3 rings (SSSR count). The van der Waals surface area contributed by atoms with Crippen LogP contribution in [-0.2, 0) is 14.3 Å². The number of hydrogen-bond donors (Lipinski definition) is 1. The van der Waals surface area contributed by atoms with Gasteiger partial charge in [-0.25, -0.2) is 0 Å². The largest absolute Gasteiger partial charge is 0.376 e. The number of hydrogen-bond acceptors (Lipinski definition) is 6. The second-order valence-electron chi connectivity index (χ2n) is 6.91. The Labute approximate surface area is 149 Å². The molecular weight excluding hydrogens is 320 g/mol. The van der Waals surface area contributed by atoms with Crippen molar-refractivity contribution in [2.24, 2.45) is 0 Å². The van der Waals surface area contributed by atoms with Crippen molar-refractivity contribution in [3.63, 3.8) is 0 Å². The Hall–Kier alpha value is -1.73. The van der Waals surface area contributed by atoms with Crippen molar-refractivity contribution in [2.45, 2.75) is 57.8 Å². The van der Waals surface area contributed by atoms with E-state index in [2.05, 4.69) is 15.5 Å². The second kappa shape index (κ2) is 8.58. The Morgan fingerprint density at radius 1 is 1.36 bits per heavy atom. The number of carbonyl (C=O) groups is 1. The standard InChI is InChI=1S/C18H28N4O3/c1-13-5-6-17(21-20-13)19-15-7-9-22(10-8-15)18(23)14(2)25-12-16-4-3-11-24-16/h5-6,14-16H,3-4,7-12H2,1-2H3,(H,19,21)/t14-,16+/m1/s1. The number of amides is 1. The molecule has 25 heavy (non-hydrogen) atoms. The van der Waals surface area contributed by atoms with E-state index in [4.69, 9.17) is 9.47 Å². The Morgan fingerprint density at radius 3 is 2.80 bits per heavy atom. The van der Waals surface area contributed by atoms with E-state index in [1.165, 1.54) is 0 Å². The molecule has 1 aromatic rings. The highest BCUT2D eigenvalue weighted by atomic mass is 16.5. The molecule has 138 valence electrons. The zero-order chi connectivity index (χ0) is 17.6. The van der Waals surface area contributed by atoms with Crippen LogP contribution in [0.2, 0.25) is 0 Å². The van der Waals surface area contributed by atoms with Gasteiger partial charge in [-0.2, -0.15) is 5.10 Å². The second-order valence-corrected chi connectivity index (χ2v) is 6.91. The highest BCUT2D eigenvalue weighted by Crippen LogP contribution is 2.17. The van der Waals surface area contributed by atoms with Crippen LogP contribution in [0.1, 0.15) is 38.3 Å². The molecule has 3 heterocycles. The molecule has 7 nitrogen and oxygen atoms in total. The predicted molar refractivity (Wildman–Crippen MR) is 94.4 cm³/mol. The fourth-order valence-electron chi connectivity index (χ4n) is 3.29. The number of carbonyl (C=O) groups excluding carboxylic acids is 1. The van der Waals surface area contributed by atoms with Gasteiger partial charge in [-0.05, 0) is 51.7 Å². The van der Waals surface area contributed by atoms with Crippen LogP contribution < -0.4 is 5.32 Å². The van der Waals surface area contributed by atoms with E-state index < -0.39 is 6.10 Å². The van der Waals surface area contributed by atoms with Gasteiger partial charge in [-0.15, -0.1) is 5.10 Å². The summed E-state index contributed by atoms with van der Waals surface area (Å²) in [6, 6.07) is 4.21. The molecule has 1 N–H and O–H groups in total. The van der Waals surface area contributed by atoms with Crippen molar-refractivity contribution in [1.29, 1.82) is 0 Å². The average molecular weight is 348 g/mol. The fourth-order valence-corrected chi connectivity index (χ4v) is 3.29. The first-order chi connectivity index (χ1) is 12.1. The molecular formula is C18H28N4O3. The number of aromatic nitrogens is 2. The van der Waals surface area contributed by atoms with Gasteiger partial charge in [0, 0.05) is 25.7 Å². The highest BCUT2D eigenvalue weighted by Gasteiger charge is 2.27. The van der Waals surface area contributed by atoms with Crippen molar-refractivity contribution in [3.05, 3.63) is 17.8 Å². The zero-order valence-electron chi connectivity index (χ0n) is 15.1. The van der Waals surface area contributed by atoms with E-state index in [1.54, 1.807) is 0 Å². The molecule has 0 radical (unpaired) electrons. The summed E-state index contributed by atoms with van der Waals surface area (Å²) in [5.41, 5.74) is 0.906. The molecule has 0 unspecified atom stereocenters.